The van der Waals surface area contributed by atoms with Gasteiger partial charge in [-0.05, 0) is 55.8 Å². The number of thioether (sulfide) groups is 1. The van der Waals surface area contributed by atoms with Crippen molar-refractivity contribution in [2.75, 3.05) is 0 Å². The van der Waals surface area contributed by atoms with E-state index in [1.807, 2.05) is 32.0 Å². The van der Waals surface area contributed by atoms with Gasteiger partial charge in [-0.15, -0.1) is 11.8 Å². The Balaban J connectivity index is 1.68. The summed E-state index contributed by atoms with van der Waals surface area (Å²) in [4.78, 5) is 21.3. The van der Waals surface area contributed by atoms with Crippen molar-refractivity contribution in [2.45, 2.75) is 37.6 Å². The molecule has 3 aromatic rings. The van der Waals surface area contributed by atoms with E-state index in [1.54, 1.807) is 17.8 Å². The zero-order valence-electron chi connectivity index (χ0n) is 16.5. The van der Waals surface area contributed by atoms with E-state index in [-0.39, 0.29) is 0 Å². The van der Waals surface area contributed by atoms with Crippen LogP contribution in [0.15, 0.2) is 57.8 Å². The van der Waals surface area contributed by atoms with Crippen LogP contribution in [0.4, 0.5) is 13.2 Å². The van der Waals surface area contributed by atoms with Gasteiger partial charge < -0.3 is 4.42 Å². The summed E-state index contributed by atoms with van der Waals surface area (Å²) in [5.41, 5.74) is 1.66. The van der Waals surface area contributed by atoms with E-state index >= 15 is 0 Å². The second-order valence-electron chi connectivity index (χ2n) is 6.64. The normalized spacial score (nSPS) is 11.4. The van der Waals surface area contributed by atoms with Gasteiger partial charge in [-0.2, -0.15) is 13.2 Å². The van der Waals surface area contributed by atoms with Crippen LogP contribution in [0.2, 0.25) is 0 Å². The molecule has 1 aromatic heterocycles. The predicted molar refractivity (Wildman–Crippen MR) is 107 cm³/mol. The van der Waals surface area contributed by atoms with Crippen molar-refractivity contribution in [1.82, 2.24) is 0 Å². The minimum Gasteiger partial charge on any atom is -0.461 e. The highest BCUT2D eigenvalue weighted by Crippen LogP contribution is 2.34. The second-order valence-corrected chi connectivity index (χ2v) is 7.69. The Morgan fingerprint density at radius 2 is 1.77 bits per heavy atom. The van der Waals surface area contributed by atoms with Crippen LogP contribution in [0.1, 0.15) is 29.4 Å². The van der Waals surface area contributed by atoms with Gasteiger partial charge in [-0.3, -0.25) is 9.78 Å². The molecule has 0 bridgehead atoms. The molecule has 0 saturated carbocycles. The van der Waals surface area contributed by atoms with Crippen LogP contribution in [0.3, 0.4) is 0 Å². The summed E-state index contributed by atoms with van der Waals surface area (Å²) in [6, 6.07) is 12.2. The van der Waals surface area contributed by atoms with Crippen molar-refractivity contribution < 1.29 is 32.2 Å². The minimum atomic E-state index is -4.36. The second kappa shape index (κ2) is 8.87. The van der Waals surface area contributed by atoms with Gasteiger partial charge in [0.2, 0.25) is 0 Å². The Morgan fingerprint density at radius 1 is 1.07 bits per heavy atom. The third-order valence-electron chi connectivity index (χ3n) is 4.31. The van der Waals surface area contributed by atoms with Crippen molar-refractivity contribution in [3.05, 3.63) is 71.0 Å². The van der Waals surface area contributed by atoms with Crippen LogP contribution in [-0.2, 0) is 21.6 Å². The lowest BCUT2D eigenvalue weighted by molar-refractivity contribution is -0.211. The van der Waals surface area contributed by atoms with Crippen LogP contribution >= 0.6 is 11.8 Å². The average Bonchev–Trinajstić information content (AvgIpc) is 3.05. The molecule has 0 N–H and O–H groups in total. The highest BCUT2D eigenvalue weighted by atomic mass is 32.2. The Morgan fingerprint density at radius 3 is 2.37 bits per heavy atom. The predicted octanol–water partition coefficient (Wildman–Crippen LogP) is 6.73. The number of hydrogen-bond acceptors (Lipinski definition) is 5. The van der Waals surface area contributed by atoms with Gasteiger partial charge in [-0.25, -0.2) is 4.79 Å². The van der Waals surface area contributed by atoms with Crippen LogP contribution in [-0.4, -0.2) is 5.97 Å². The standard InChI is InChI=1S/C22H19F3O4S/c1-13-10-19(8-9-20(13)29-28-15(3)26)30-12-17-11-21(27-14(17)2)16-4-6-18(7-5-16)22(23,24)25/h4-11H,12H2,1-3H3. The SMILES string of the molecule is CC(=O)OOc1ccc(SCc2cc(-c3ccc(C(F)(F)F)cc3)oc2C)cc1C. The molecule has 8 heteroatoms. The van der Waals surface area contributed by atoms with E-state index in [9.17, 15) is 18.0 Å². The summed E-state index contributed by atoms with van der Waals surface area (Å²) in [5.74, 6) is 1.78. The van der Waals surface area contributed by atoms with Gasteiger partial charge in [-0.1, -0.05) is 12.1 Å². The zero-order valence-corrected chi connectivity index (χ0v) is 17.3. The van der Waals surface area contributed by atoms with Crippen LogP contribution in [0, 0.1) is 13.8 Å². The van der Waals surface area contributed by atoms with E-state index in [0.717, 1.165) is 28.2 Å². The van der Waals surface area contributed by atoms with Crippen molar-refractivity contribution in [3.63, 3.8) is 0 Å². The van der Waals surface area contributed by atoms with Gasteiger partial charge in [0.1, 0.15) is 11.5 Å². The zero-order chi connectivity index (χ0) is 21.9. The molecule has 0 spiro atoms. The summed E-state index contributed by atoms with van der Waals surface area (Å²) in [6.07, 6.45) is -4.36. The maximum absolute atomic E-state index is 12.7. The maximum Gasteiger partial charge on any atom is 0.416 e. The van der Waals surface area contributed by atoms with Crippen LogP contribution in [0.5, 0.6) is 5.75 Å². The fourth-order valence-corrected chi connectivity index (χ4v) is 3.73. The molecule has 0 radical (unpaired) electrons. The monoisotopic (exact) mass is 436 g/mol. The van der Waals surface area contributed by atoms with Crippen LogP contribution < -0.4 is 4.89 Å². The summed E-state index contributed by atoms with van der Waals surface area (Å²) < 4.78 is 43.9. The molecular formula is C22H19F3O4S. The summed E-state index contributed by atoms with van der Waals surface area (Å²) in [6.45, 7) is 4.92. The molecule has 1 heterocycles. The Kier molecular flexibility index (Phi) is 6.45. The molecule has 0 aliphatic rings. The molecule has 0 atom stereocenters. The van der Waals surface area contributed by atoms with Gasteiger partial charge in [0.15, 0.2) is 5.75 Å². The van der Waals surface area contributed by atoms with E-state index in [0.29, 0.717) is 28.6 Å². The first kappa shape index (κ1) is 21.8. The third-order valence-corrected chi connectivity index (χ3v) is 5.35. The quantitative estimate of drug-likeness (QED) is 0.244. The molecule has 0 saturated heterocycles. The number of aryl methyl sites for hydroxylation is 2. The largest absolute Gasteiger partial charge is 0.461 e. The summed E-state index contributed by atoms with van der Waals surface area (Å²) in [7, 11) is 0. The minimum absolute atomic E-state index is 0.457. The highest BCUT2D eigenvalue weighted by molar-refractivity contribution is 7.98. The van der Waals surface area contributed by atoms with E-state index < -0.39 is 17.7 Å². The first-order chi connectivity index (χ1) is 14.1. The third kappa shape index (κ3) is 5.38. The molecule has 0 fully saturated rings. The summed E-state index contributed by atoms with van der Waals surface area (Å²) in [5, 5.41) is 0. The molecule has 0 aliphatic carbocycles. The Bertz CT molecular complexity index is 1040. The molecule has 0 aliphatic heterocycles. The van der Waals surface area contributed by atoms with Crippen molar-refractivity contribution in [1.29, 1.82) is 0 Å². The Hall–Kier alpha value is -2.87. The van der Waals surface area contributed by atoms with E-state index in [2.05, 4.69) is 4.89 Å². The number of rotatable bonds is 6. The molecule has 0 amide bonds. The number of benzene rings is 2. The topological polar surface area (TPSA) is 48.7 Å². The average molecular weight is 436 g/mol. The van der Waals surface area contributed by atoms with Crippen molar-refractivity contribution >= 4 is 17.7 Å². The molecule has 3 rings (SSSR count). The molecule has 4 nitrogen and oxygen atoms in total. The summed E-state index contributed by atoms with van der Waals surface area (Å²) >= 11 is 1.58. The lowest BCUT2D eigenvalue weighted by Gasteiger charge is -2.07. The lowest BCUT2D eigenvalue weighted by Crippen LogP contribution is -2.03. The fourth-order valence-electron chi connectivity index (χ4n) is 2.70. The molecule has 158 valence electrons. The highest BCUT2D eigenvalue weighted by Gasteiger charge is 2.30. The van der Waals surface area contributed by atoms with E-state index in [1.165, 1.54) is 19.1 Å². The number of carbonyl (C=O) groups excluding carboxylic acids is 1. The molecule has 0 unspecified atom stereocenters. The number of furan rings is 1. The maximum atomic E-state index is 12.7. The number of alkyl halides is 3. The van der Waals surface area contributed by atoms with Crippen molar-refractivity contribution in [3.8, 4) is 17.1 Å². The van der Waals surface area contributed by atoms with Gasteiger partial charge in [0.05, 0.1) is 5.56 Å². The molecule has 30 heavy (non-hydrogen) atoms. The lowest BCUT2D eigenvalue weighted by atomic mass is 10.1. The number of carbonyl (C=O) groups is 1. The smallest absolute Gasteiger partial charge is 0.416 e. The van der Waals surface area contributed by atoms with Gasteiger partial charge >= 0.3 is 12.1 Å². The Labute approximate surface area is 175 Å². The molecular weight excluding hydrogens is 417 g/mol. The van der Waals surface area contributed by atoms with Gasteiger partial charge in [0.25, 0.3) is 0 Å². The molecule has 2 aromatic carbocycles. The van der Waals surface area contributed by atoms with Crippen LogP contribution in [0.25, 0.3) is 11.3 Å². The fraction of sp³-hybridized carbons (Fsp3) is 0.227. The number of hydrogen-bond donors (Lipinski definition) is 0. The first-order valence-electron chi connectivity index (χ1n) is 8.99. The number of halogens is 3. The van der Waals surface area contributed by atoms with Crippen molar-refractivity contribution in [2.24, 2.45) is 0 Å². The van der Waals surface area contributed by atoms with E-state index in [4.69, 9.17) is 9.30 Å². The van der Waals surface area contributed by atoms with Gasteiger partial charge in [0, 0.05) is 28.7 Å². The first-order valence-corrected chi connectivity index (χ1v) is 9.97.